The van der Waals surface area contributed by atoms with Crippen LogP contribution in [0.4, 0.5) is 13.2 Å². The molecule has 39 heavy (non-hydrogen) atoms. The summed E-state index contributed by atoms with van der Waals surface area (Å²) in [6.45, 7) is 6.44. The molecule has 1 saturated carbocycles. The van der Waals surface area contributed by atoms with E-state index < -0.39 is 6.36 Å². The van der Waals surface area contributed by atoms with Crippen LogP contribution >= 0.6 is 11.3 Å². The smallest absolute Gasteiger partial charge is 0.494 e. The fraction of sp³-hybridized carbons (Fsp3) is 0.448. The number of amides is 1. The third-order valence-electron chi connectivity index (χ3n) is 7.42. The van der Waals surface area contributed by atoms with Gasteiger partial charge in [0.15, 0.2) is 0 Å². The van der Waals surface area contributed by atoms with Crippen molar-refractivity contribution in [1.29, 1.82) is 0 Å². The van der Waals surface area contributed by atoms with Crippen LogP contribution in [0.2, 0.25) is 0 Å². The minimum absolute atomic E-state index is 0.192. The van der Waals surface area contributed by atoms with Gasteiger partial charge in [-0.05, 0) is 59.6 Å². The first-order valence-corrected chi connectivity index (χ1v) is 14.2. The largest absolute Gasteiger partial charge is 0.573 e. The Morgan fingerprint density at radius 1 is 1.10 bits per heavy atom. The number of alkyl halides is 3. The van der Waals surface area contributed by atoms with Crippen LogP contribution in [0.5, 0.6) is 11.5 Å². The Morgan fingerprint density at radius 2 is 1.87 bits per heavy atom. The van der Waals surface area contributed by atoms with Crippen LogP contribution < -0.4 is 9.47 Å². The monoisotopic (exact) mass is 559 g/mol. The molecule has 1 saturated heterocycles. The Balaban J connectivity index is 1.17. The third kappa shape index (κ3) is 7.30. The Kier molecular flexibility index (Phi) is 8.42. The lowest BCUT2D eigenvalue weighted by atomic mass is 10.1. The first kappa shape index (κ1) is 27.5. The van der Waals surface area contributed by atoms with Gasteiger partial charge in [-0.25, -0.2) is 4.98 Å². The van der Waals surface area contributed by atoms with E-state index in [4.69, 9.17) is 4.74 Å². The SMILES string of the molecule is CCCCOc1ccc(CN2CC3C(C2)C3CN(Cc2cccc(OC(F)(F)F)c2)C(=O)c2cscn2)cc1. The molecule has 0 spiro atoms. The number of carbonyl (C=O) groups excluding carboxylic acids is 1. The number of carbonyl (C=O) groups is 1. The highest BCUT2D eigenvalue weighted by atomic mass is 32.1. The Labute approximate surface area is 230 Å². The predicted molar refractivity (Wildman–Crippen MR) is 143 cm³/mol. The topological polar surface area (TPSA) is 54.9 Å². The fourth-order valence-corrected chi connectivity index (χ4v) is 5.96. The Bertz CT molecular complexity index is 1220. The van der Waals surface area contributed by atoms with Gasteiger partial charge in [-0.3, -0.25) is 9.69 Å². The second-order valence-electron chi connectivity index (χ2n) is 10.3. The number of hydrogen-bond donors (Lipinski definition) is 0. The molecule has 1 aliphatic heterocycles. The minimum Gasteiger partial charge on any atom is -0.494 e. The lowest BCUT2D eigenvalue weighted by Gasteiger charge is -2.25. The molecule has 10 heteroatoms. The van der Waals surface area contributed by atoms with Crippen LogP contribution in [-0.2, 0) is 13.1 Å². The van der Waals surface area contributed by atoms with E-state index in [1.807, 2.05) is 12.1 Å². The van der Waals surface area contributed by atoms with Crippen molar-refractivity contribution < 1.29 is 27.4 Å². The van der Waals surface area contributed by atoms with E-state index in [9.17, 15) is 18.0 Å². The van der Waals surface area contributed by atoms with Crippen LogP contribution in [0.15, 0.2) is 59.4 Å². The molecule has 0 radical (unpaired) electrons. The van der Waals surface area contributed by atoms with E-state index in [2.05, 4.69) is 33.7 Å². The number of unbranched alkanes of at least 4 members (excludes halogenated alkanes) is 1. The average Bonchev–Trinajstić information content (AvgIpc) is 3.28. The number of likely N-dealkylation sites (tertiary alicyclic amines) is 1. The second kappa shape index (κ2) is 12.0. The van der Waals surface area contributed by atoms with Crippen LogP contribution in [-0.4, -0.2) is 53.3 Å². The van der Waals surface area contributed by atoms with Gasteiger partial charge in [0.05, 0.1) is 12.1 Å². The number of ether oxygens (including phenoxy) is 2. The second-order valence-corrected chi connectivity index (χ2v) is 11.0. The van der Waals surface area contributed by atoms with Crippen molar-refractivity contribution in [1.82, 2.24) is 14.8 Å². The molecule has 1 amide bonds. The van der Waals surface area contributed by atoms with Crippen molar-refractivity contribution in [2.75, 3.05) is 26.2 Å². The van der Waals surface area contributed by atoms with Crippen molar-refractivity contribution in [3.63, 3.8) is 0 Å². The first-order valence-electron chi connectivity index (χ1n) is 13.3. The molecule has 2 fully saturated rings. The van der Waals surface area contributed by atoms with E-state index in [0.717, 1.165) is 44.8 Å². The Morgan fingerprint density at radius 3 is 2.54 bits per heavy atom. The summed E-state index contributed by atoms with van der Waals surface area (Å²) in [7, 11) is 0. The van der Waals surface area contributed by atoms with Gasteiger partial charge >= 0.3 is 6.36 Å². The number of hydrogen-bond acceptors (Lipinski definition) is 6. The van der Waals surface area contributed by atoms with Gasteiger partial charge in [0, 0.05) is 38.1 Å². The third-order valence-corrected chi connectivity index (χ3v) is 8.00. The van der Waals surface area contributed by atoms with Crippen molar-refractivity contribution in [2.24, 2.45) is 17.8 Å². The van der Waals surface area contributed by atoms with Crippen molar-refractivity contribution in [3.8, 4) is 11.5 Å². The zero-order valence-corrected chi connectivity index (χ0v) is 22.6. The molecule has 2 aromatic carbocycles. The number of nitrogens with zero attached hydrogens (tertiary/aromatic N) is 3. The number of aromatic nitrogens is 1. The predicted octanol–water partition coefficient (Wildman–Crippen LogP) is 6.24. The lowest BCUT2D eigenvalue weighted by molar-refractivity contribution is -0.274. The summed E-state index contributed by atoms with van der Waals surface area (Å²) < 4.78 is 47.9. The minimum atomic E-state index is -4.77. The maximum Gasteiger partial charge on any atom is 0.573 e. The standard InChI is InChI=1S/C29H32F3N3O3S/c1-2-3-11-37-22-9-7-20(8-10-22)13-34-15-24-25(16-34)26(24)17-35(28(36)27-18-39-19-33-27)14-21-5-4-6-23(12-21)38-29(30,31)32/h4-10,12,18-19,24-26H,2-3,11,13-17H2,1H3. The van der Waals surface area contributed by atoms with Crippen LogP contribution in [0, 0.1) is 17.8 Å². The molecule has 0 bridgehead atoms. The molecule has 1 aliphatic carbocycles. The first-order chi connectivity index (χ1) is 18.8. The molecule has 2 unspecified atom stereocenters. The van der Waals surface area contributed by atoms with E-state index in [1.165, 1.54) is 35.1 Å². The summed E-state index contributed by atoms with van der Waals surface area (Å²) in [5, 5.41) is 1.70. The van der Waals surface area contributed by atoms with Gasteiger partial charge in [-0.15, -0.1) is 24.5 Å². The molecule has 5 rings (SSSR count). The molecule has 2 aliphatic rings. The van der Waals surface area contributed by atoms with Gasteiger partial charge in [-0.2, -0.15) is 0 Å². The van der Waals surface area contributed by atoms with Crippen molar-refractivity contribution in [3.05, 3.63) is 76.2 Å². The Hall–Kier alpha value is -3.11. The average molecular weight is 560 g/mol. The molecule has 208 valence electrons. The van der Waals surface area contributed by atoms with Crippen molar-refractivity contribution >= 4 is 17.2 Å². The van der Waals surface area contributed by atoms with Gasteiger partial charge in [0.25, 0.3) is 5.91 Å². The van der Waals surface area contributed by atoms with Gasteiger partial charge in [0.1, 0.15) is 17.2 Å². The van der Waals surface area contributed by atoms with Gasteiger partial charge < -0.3 is 14.4 Å². The number of benzene rings is 2. The summed E-state index contributed by atoms with van der Waals surface area (Å²) in [5.74, 6) is 1.78. The van der Waals surface area contributed by atoms with E-state index in [0.29, 0.717) is 35.6 Å². The molecular formula is C29H32F3N3O3S. The highest BCUT2D eigenvalue weighted by Gasteiger charge is 2.55. The molecular weight excluding hydrogens is 527 g/mol. The summed E-state index contributed by atoms with van der Waals surface area (Å²) in [6.07, 6.45) is -2.61. The molecule has 2 atom stereocenters. The van der Waals surface area contributed by atoms with E-state index >= 15 is 0 Å². The molecule has 6 nitrogen and oxygen atoms in total. The summed E-state index contributed by atoms with van der Waals surface area (Å²) in [4.78, 5) is 21.6. The number of fused-ring (bicyclic) bond motifs is 1. The number of thiazole rings is 1. The number of piperidine rings is 1. The van der Waals surface area contributed by atoms with Crippen LogP contribution in [0.25, 0.3) is 0 Å². The molecule has 3 aromatic rings. The summed E-state index contributed by atoms with van der Waals surface area (Å²) in [5.41, 5.74) is 3.79. The zero-order valence-electron chi connectivity index (χ0n) is 21.8. The number of halogens is 3. The van der Waals surface area contributed by atoms with Gasteiger partial charge in [-0.1, -0.05) is 37.6 Å². The highest BCUT2D eigenvalue weighted by Crippen LogP contribution is 2.52. The highest BCUT2D eigenvalue weighted by molar-refractivity contribution is 7.07. The maximum absolute atomic E-state index is 13.3. The van der Waals surface area contributed by atoms with E-state index in [-0.39, 0.29) is 18.2 Å². The molecule has 2 heterocycles. The lowest BCUT2D eigenvalue weighted by Crippen LogP contribution is -2.35. The molecule has 1 aromatic heterocycles. The summed E-state index contributed by atoms with van der Waals surface area (Å²) >= 11 is 1.34. The van der Waals surface area contributed by atoms with Crippen molar-refractivity contribution in [2.45, 2.75) is 39.2 Å². The summed E-state index contributed by atoms with van der Waals surface area (Å²) in [6, 6.07) is 14.1. The molecule has 0 N–H and O–H groups in total. The van der Waals surface area contributed by atoms with Crippen LogP contribution in [0.3, 0.4) is 0 Å². The number of rotatable bonds is 12. The van der Waals surface area contributed by atoms with Crippen LogP contribution in [0.1, 0.15) is 41.4 Å². The zero-order chi connectivity index (χ0) is 27.4. The quantitative estimate of drug-likeness (QED) is 0.246. The normalized spacial score (nSPS) is 20.5. The fourth-order valence-electron chi connectivity index (χ4n) is 5.44. The van der Waals surface area contributed by atoms with E-state index in [1.54, 1.807) is 21.9 Å². The maximum atomic E-state index is 13.3. The van der Waals surface area contributed by atoms with Gasteiger partial charge in [0.2, 0.25) is 0 Å².